The number of carbonyl (C=O) groups is 4. The molecule has 0 aliphatic carbocycles. The quantitative estimate of drug-likeness (QED) is 0.415. The number of benzene rings is 2. The van der Waals surface area contributed by atoms with Crippen LogP contribution in [0.1, 0.15) is 31.1 Å². The Labute approximate surface area is 201 Å². The van der Waals surface area contributed by atoms with Crippen LogP contribution in [0.4, 0.5) is 14.5 Å². The van der Waals surface area contributed by atoms with Gasteiger partial charge < -0.3 is 25.4 Å². The molecule has 0 spiro atoms. The molecule has 0 saturated heterocycles. The molecule has 2 rings (SSSR count). The average molecular weight is 491 g/mol. The maximum absolute atomic E-state index is 13.2. The van der Waals surface area contributed by atoms with Crippen LogP contribution in [0.15, 0.2) is 42.5 Å². The van der Waals surface area contributed by atoms with E-state index < -0.39 is 54.5 Å². The van der Waals surface area contributed by atoms with Gasteiger partial charge in [-0.2, -0.15) is 0 Å². The lowest BCUT2D eigenvalue weighted by Gasteiger charge is -2.21. The molecule has 2 aromatic rings. The number of amides is 3. The third kappa shape index (κ3) is 8.69. The van der Waals surface area contributed by atoms with Crippen molar-refractivity contribution >= 4 is 29.4 Å². The molecule has 188 valence electrons. The lowest BCUT2D eigenvalue weighted by molar-refractivity contribution is -0.151. The summed E-state index contributed by atoms with van der Waals surface area (Å²) in [7, 11) is 0. The molecule has 11 heteroatoms. The van der Waals surface area contributed by atoms with E-state index in [4.69, 9.17) is 9.47 Å². The molecule has 35 heavy (non-hydrogen) atoms. The first-order valence-corrected chi connectivity index (χ1v) is 10.8. The fraction of sp³-hybridized carbons (Fsp3) is 0.333. The standard InChI is InChI=1S/C24H27F2N3O6/c1-4-34-17-8-5-15(6-9-17)23(32)29-22(14(2)3)24(33)35-13-21(31)27-12-20(30)28-16-7-10-18(25)19(26)11-16/h5-11,14,22H,4,12-13H2,1-3H3,(H,27,31)(H,28,30)(H,29,32)/t22-/m0/s1. The van der Waals surface area contributed by atoms with Crippen molar-refractivity contribution in [2.75, 3.05) is 25.1 Å². The minimum absolute atomic E-state index is 0.0117. The monoisotopic (exact) mass is 491 g/mol. The summed E-state index contributed by atoms with van der Waals surface area (Å²) in [4.78, 5) is 48.8. The van der Waals surface area contributed by atoms with E-state index in [1.54, 1.807) is 38.1 Å². The van der Waals surface area contributed by atoms with Crippen molar-refractivity contribution in [3.8, 4) is 5.75 Å². The van der Waals surface area contributed by atoms with E-state index in [0.717, 1.165) is 18.2 Å². The van der Waals surface area contributed by atoms with Gasteiger partial charge in [-0.15, -0.1) is 0 Å². The van der Waals surface area contributed by atoms with Gasteiger partial charge in [0.2, 0.25) is 5.91 Å². The molecule has 0 bridgehead atoms. The Morgan fingerprint density at radius 3 is 2.23 bits per heavy atom. The average Bonchev–Trinajstić information content (AvgIpc) is 2.82. The second kappa shape index (κ2) is 13.0. The van der Waals surface area contributed by atoms with Gasteiger partial charge in [-0.1, -0.05) is 13.8 Å². The number of esters is 1. The third-order valence-corrected chi connectivity index (χ3v) is 4.63. The van der Waals surface area contributed by atoms with Gasteiger partial charge in [0.15, 0.2) is 18.2 Å². The molecule has 3 N–H and O–H groups in total. The first-order valence-electron chi connectivity index (χ1n) is 10.8. The molecule has 0 saturated carbocycles. The van der Waals surface area contributed by atoms with Crippen molar-refractivity contribution in [2.24, 2.45) is 5.92 Å². The summed E-state index contributed by atoms with van der Waals surface area (Å²) in [5.41, 5.74) is 0.328. The molecule has 2 aromatic carbocycles. The van der Waals surface area contributed by atoms with Crippen LogP contribution in [-0.4, -0.2) is 49.5 Å². The van der Waals surface area contributed by atoms with Crippen molar-refractivity contribution in [1.29, 1.82) is 0 Å². The van der Waals surface area contributed by atoms with Crippen LogP contribution >= 0.6 is 0 Å². The molecule has 0 unspecified atom stereocenters. The summed E-state index contributed by atoms with van der Waals surface area (Å²) >= 11 is 0. The van der Waals surface area contributed by atoms with Crippen LogP contribution in [0.2, 0.25) is 0 Å². The second-order valence-electron chi connectivity index (χ2n) is 7.71. The first kappa shape index (κ1) is 27.2. The molecule has 0 aliphatic rings. The molecule has 0 heterocycles. The molecule has 0 aliphatic heterocycles. The van der Waals surface area contributed by atoms with Crippen molar-refractivity contribution < 1.29 is 37.4 Å². The molecule has 3 amide bonds. The Morgan fingerprint density at radius 1 is 0.943 bits per heavy atom. The smallest absolute Gasteiger partial charge is 0.329 e. The van der Waals surface area contributed by atoms with E-state index in [0.29, 0.717) is 17.9 Å². The number of nitrogens with one attached hydrogen (secondary N) is 3. The van der Waals surface area contributed by atoms with Gasteiger partial charge in [0.1, 0.15) is 11.8 Å². The number of hydrogen-bond donors (Lipinski definition) is 3. The topological polar surface area (TPSA) is 123 Å². The number of halogens is 2. The Hall–Kier alpha value is -4.02. The zero-order valence-corrected chi connectivity index (χ0v) is 19.5. The highest BCUT2D eigenvalue weighted by molar-refractivity contribution is 5.97. The first-order chi connectivity index (χ1) is 16.6. The normalized spacial score (nSPS) is 11.4. The molecule has 1 atom stereocenters. The van der Waals surface area contributed by atoms with E-state index in [9.17, 15) is 28.0 Å². The Balaban J connectivity index is 1.81. The maximum atomic E-state index is 13.2. The van der Waals surface area contributed by atoms with E-state index in [1.807, 2.05) is 6.92 Å². The number of anilines is 1. The van der Waals surface area contributed by atoms with E-state index in [2.05, 4.69) is 16.0 Å². The van der Waals surface area contributed by atoms with Crippen LogP contribution in [0.25, 0.3) is 0 Å². The van der Waals surface area contributed by atoms with Crippen LogP contribution in [0.3, 0.4) is 0 Å². The van der Waals surface area contributed by atoms with E-state index >= 15 is 0 Å². The Kier molecular flexibility index (Phi) is 10.1. The zero-order valence-electron chi connectivity index (χ0n) is 19.5. The van der Waals surface area contributed by atoms with Crippen LogP contribution < -0.4 is 20.7 Å². The minimum Gasteiger partial charge on any atom is -0.494 e. The van der Waals surface area contributed by atoms with Gasteiger partial charge in [-0.25, -0.2) is 13.6 Å². The number of ether oxygens (including phenoxy) is 2. The highest BCUT2D eigenvalue weighted by Gasteiger charge is 2.27. The number of rotatable bonds is 11. The van der Waals surface area contributed by atoms with Gasteiger partial charge in [0.25, 0.3) is 11.8 Å². The van der Waals surface area contributed by atoms with Crippen LogP contribution in [0, 0.1) is 17.6 Å². The molecular weight excluding hydrogens is 464 g/mol. The zero-order chi connectivity index (χ0) is 26.0. The van der Waals surface area contributed by atoms with Crippen molar-refractivity contribution in [3.63, 3.8) is 0 Å². The Bertz CT molecular complexity index is 1060. The minimum atomic E-state index is -1.13. The maximum Gasteiger partial charge on any atom is 0.329 e. The highest BCUT2D eigenvalue weighted by Crippen LogP contribution is 2.14. The SMILES string of the molecule is CCOc1ccc(C(=O)N[C@H](C(=O)OCC(=O)NCC(=O)Nc2ccc(F)c(F)c2)C(C)C)cc1. The summed E-state index contributed by atoms with van der Waals surface area (Å²) in [6.45, 7) is 4.56. The summed E-state index contributed by atoms with van der Waals surface area (Å²) in [5.74, 6) is -4.70. The lowest BCUT2D eigenvalue weighted by Crippen LogP contribution is -2.46. The fourth-order valence-corrected chi connectivity index (χ4v) is 2.83. The Morgan fingerprint density at radius 2 is 1.63 bits per heavy atom. The summed E-state index contributed by atoms with van der Waals surface area (Å²) < 4.78 is 36.4. The fourth-order valence-electron chi connectivity index (χ4n) is 2.83. The number of hydrogen-bond acceptors (Lipinski definition) is 6. The number of carbonyl (C=O) groups excluding carboxylic acids is 4. The predicted octanol–water partition coefficient (Wildman–Crippen LogP) is 2.42. The molecule has 0 aromatic heterocycles. The predicted molar refractivity (Wildman–Crippen MR) is 123 cm³/mol. The van der Waals surface area contributed by atoms with Gasteiger partial charge >= 0.3 is 5.97 Å². The van der Waals surface area contributed by atoms with Crippen molar-refractivity contribution in [2.45, 2.75) is 26.8 Å². The van der Waals surface area contributed by atoms with Gasteiger partial charge in [-0.05, 0) is 49.2 Å². The molecule has 9 nitrogen and oxygen atoms in total. The molecule has 0 fully saturated rings. The van der Waals surface area contributed by atoms with Crippen molar-refractivity contribution in [1.82, 2.24) is 10.6 Å². The van der Waals surface area contributed by atoms with Crippen LogP contribution in [-0.2, 0) is 19.1 Å². The highest BCUT2D eigenvalue weighted by atomic mass is 19.2. The largest absolute Gasteiger partial charge is 0.494 e. The third-order valence-electron chi connectivity index (χ3n) is 4.63. The van der Waals surface area contributed by atoms with Gasteiger partial charge in [0.05, 0.1) is 13.2 Å². The molecule has 0 radical (unpaired) electrons. The summed E-state index contributed by atoms with van der Waals surface area (Å²) in [5, 5.41) is 7.11. The van der Waals surface area contributed by atoms with Gasteiger partial charge in [-0.3, -0.25) is 14.4 Å². The van der Waals surface area contributed by atoms with Gasteiger partial charge in [0, 0.05) is 17.3 Å². The summed E-state index contributed by atoms with van der Waals surface area (Å²) in [6, 6.07) is 8.17. The van der Waals surface area contributed by atoms with Crippen LogP contribution in [0.5, 0.6) is 5.75 Å². The van der Waals surface area contributed by atoms with Crippen molar-refractivity contribution in [3.05, 3.63) is 59.7 Å². The van der Waals surface area contributed by atoms with E-state index in [1.165, 1.54) is 0 Å². The van der Waals surface area contributed by atoms with E-state index in [-0.39, 0.29) is 11.6 Å². The summed E-state index contributed by atoms with van der Waals surface area (Å²) in [6.07, 6.45) is 0. The second-order valence-corrected chi connectivity index (χ2v) is 7.71. The lowest BCUT2D eigenvalue weighted by atomic mass is 10.0. The molecular formula is C24H27F2N3O6.